The summed E-state index contributed by atoms with van der Waals surface area (Å²) in [5.41, 5.74) is 8.68. The molecule has 2 aromatic rings. The Balaban J connectivity index is 1.35. The van der Waals surface area contributed by atoms with E-state index in [4.69, 9.17) is 15.9 Å². The largest absolute Gasteiger partial charge is 0.490 e. The SMILES string of the molecule is N=C(N)N1CCC(Oc2ccc3c(c2)CCN(CCc2ccccc2)C3=O)CC1. The van der Waals surface area contributed by atoms with Gasteiger partial charge in [0.2, 0.25) is 0 Å². The van der Waals surface area contributed by atoms with Crippen LogP contribution in [0.5, 0.6) is 5.75 Å². The van der Waals surface area contributed by atoms with E-state index in [1.165, 1.54) is 5.56 Å². The van der Waals surface area contributed by atoms with Crippen LogP contribution in [-0.2, 0) is 12.8 Å². The number of carbonyl (C=O) groups excluding carboxylic acids is 1. The molecule has 2 heterocycles. The minimum Gasteiger partial charge on any atom is -0.490 e. The number of nitrogens with one attached hydrogen (secondary N) is 1. The number of hydrogen-bond acceptors (Lipinski definition) is 3. The van der Waals surface area contributed by atoms with Gasteiger partial charge in [0, 0.05) is 44.6 Å². The number of likely N-dealkylation sites (tertiary alicyclic amines) is 1. The summed E-state index contributed by atoms with van der Waals surface area (Å²) in [4.78, 5) is 16.7. The van der Waals surface area contributed by atoms with Crippen molar-refractivity contribution in [1.29, 1.82) is 5.41 Å². The molecule has 1 saturated heterocycles. The van der Waals surface area contributed by atoms with E-state index in [1.807, 2.05) is 46.2 Å². The molecule has 0 radical (unpaired) electrons. The van der Waals surface area contributed by atoms with Gasteiger partial charge in [-0.25, -0.2) is 0 Å². The Morgan fingerprint density at radius 3 is 2.59 bits per heavy atom. The van der Waals surface area contributed by atoms with Gasteiger partial charge in [-0.05, 0) is 42.2 Å². The van der Waals surface area contributed by atoms with Crippen LogP contribution in [0.4, 0.5) is 0 Å². The van der Waals surface area contributed by atoms with Crippen LogP contribution >= 0.6 is 0 Å². The summed E-state index contributed by atoms with van der Waals surface area (Å²) >= 11 is 0. The number of carbonyl (C=O) groups is 1. The maximum atomic E-state index is 12.9. The van der Waals surface area contributed by atoms with Crippen molar-refractivity contribution < 1.29 is 9.53 Å². The number of ether oxygens (including phenoxy) is 1. The quantitative estimate of drug-likeness (QED) is 0.605. The Morgan fingerprint density at radius 2 is 1.86 bits per heavy atom. The van der Waals surface area contributed by atoms with Crippen molar-refractivity contribution in [3.63, 3.8) is 0 Å². The van der Waals surface area contributed by atoms with Gasteiger partial charge < -0.3 is 20.3 Å². The van der Waals surface area contributed by atoms with Gasteiger partial charge in [-0.2, -0.15) is 0 Å². The van der Waals surface area contributed by atoms with Gasteiger partial charge in [0.15, 0.2) is 5.96 Å². The predicted molar refractivity (Wildman–Crippen MR) is 113 cm³/mol. The Bertz CT molecular complexity index is 876. The van der Waals surface area contributed by atoms with E-state index in [1.54, 1.807) is 0 Å². The molecule has 0 saturated carbocycles. The number of nitrogens with zero attached hydrogens (tertiary/aromatic N) is 2. The van der Waals surface area contributed by atoms with Crippen LogP contribution in [0.15, 0.2) is 48.5 Å². The second-order valence-electron chi connectivity index (χ2n) is 7.79. The summed E-state index contributed by atoms with van der Waals surface area (Å²) in [6, 6.07) is 16.1. The average Bonchev–Trinajstić information content (AvgIpc) is 2.74. The molecule has 6 heteroatoms. The fourth-order valence-electron chi connectivity index (χ4n) is 4.12. The van der Waals surface area contributed by atoms with Crippen LogP contribution in [-0.4, -0.2) is 53.9 Å². The summed E-state index contributed by atoms with van der Waals surface area (Å²) in [6.45, 7) is 2.99. The summed E-state index contributed by atoms with van der Waals surface area (Å²) in [7, 11) is 0. The molecule has 0 atom stereocenters. The number of nitrogens with two attached hydrogens (primary N) is 1. The lowest BCUT2D eigenvalue weighted by atomic mass is 9.98. The fourth-order valence-corrected chi connectivity index (χ4v) is 4.12. The van der Waals surface area contributed by atoms with Gasteiger partial charge in [-0.15, -0.1) is 0 Å². The predicted octanol–water partition coefficient (Wildman–Crippen LogP) is 2.66. The second-order valence-corrected chi connectivity index (χ2v) is 7.79. The highest BCUT2D eigenvalue weighted by atomic mass is 16.5. The van der Waals surface area contributed by atoms with E-state index in [0.29, 0.717) is 0 Å². The summed E-state index contributed by atoms with van der Waals surface area (Å²) in [5, 5.41) is 7.52. The number of fused-ring (bicyclic) bond motifs is 1. The molecule has 3 N–H and O–H groups in total. The molecule has 2 aliphatic rings. The zero-order valence-electron chi connectivity index (χ0n) is 16.6. The molecule has 0 unspecified atom stereocenters. The molecule has 0 spiro atoms. The van der Waals surface area contributed by atoms with Crippen molar-refractivity contribution in [3.05, 3.63) is 65.2 Å². The first kappa shape index (κ1) is 19.3. The van der Waals surface area contributed by atoms with Gasteiger partial charge in [0.1, 0.15) is 11.9 Å². The minimum atomic E-state index is 0.114. The maximum absolute atomic E-state index is 12.9. The molecule has 0 aromatic heterocycles. The molecule has 152 valence electrons. The van der Waals surface area contributed by atoms with Crippen LogP contribution in [0.1, 0.15) is 34.3 Å². The highest BCUT2D eigenvalue weighted by Crippen LogP contribution is 2.26. The number of hydrogen-bond donors (Lipinski definition) is 2. The zero-order valence-corrected chi connectivity index (χ0v) is 16.6. The average molecular weight is 393 g/mol. The van der Waals surface area contributed by atoms with Gasteiger partial charge >= 0.3 is 0 Å². The van der Waals surface area contributed by atoms with Crippen molar-refractivity contribution >= 4 is 11.9 Å². The lowest BCUT2D eigenvalue weighted by Gasteiger charge is -2.33. The molecule has 29 heavy (non-hydrogen) atoms. The smallest absolute Gasteiger partial charge is 0.254 e. The first-order chi connectivity index (χ1) is 14.1. The highest BCUT2D eigenvalue weighted by molar-refractivity contribution is 5.97. The van der Waals surface area contributed by atoms with Gasteiger partial charge in [-0.3, -0.25) is 10.2 Å². The van der Waals surface area contributed by atoms with Crippen LogP contribution in [0.2, 0.25) is 0 Å². The Morgan fingerprint density at radius 1 is 1.10 bits per heavy atom. The van der Waals surface area contributed by atoms with Crippen LogP contribution in [0.3, 0.4) is 0 Å². The minimum absolute atomic E-state index is 0.114. The molecule has 4 rings (SSSR count). The molecule has 1 fully saturated rings. The molecular formula is C23H28N4O2. The Labute approximate surface area is 171 Å². The molecule has 6 nitrogen and oxygen atoms in total. The van der Waals surface area contributed by atoms with Gasteiger partial charge in [-0.1, -0.05) is 30.3 Å². The monoisotopic (exact) mass is 392 g/mol. The van der Waals surface area contributed by atoms with Gasteiger partial charge in [0.05, 0.1) is 0 Å². The van der Waals surface area contributed by atoms with Crippen molar-refractivity contribution in [1.82, 2.24) is 9.80 Å². The zero-order chi connectivity index (χ0) is 20.2. The maximum Gasteiger partial charge on any atom is 0.254 e. The van der Waals surface area contributed by atoms with E-state index in [9.17, 15) is 4.79 Å². The molecule has 0 bridgehead atoms. The third-order valence-electron chi connectivity index (χ3n) is 5.84. The lowest BCUT2D eigenvalue weighted by Crippen LogP contribution is -2.44. The van der Waals surface area contributed by atoms with Crippen molar-refractivity contribution in [2.45, 2.75) is 31.8 Å². The van der Waals surface area contributed by atoms with E-state index in [-0.39, 0.29) is 18.0 Å². The second kappa shape index (κ2) is 8.55. The van der Waals surface area contributed by atoms with Crippen molar-refractivity contribution in [2.24, 2.45) is 5.73 Å². The van der Waals surface area contributed by atoms with E-state index in [0.717, 1.165) is 68.7 Å². The van der Waals surface area contributed by atoms with Crippen LogP contribution in [0.25, 0.3) is 0 Å². The number of rotatable bonds is 5. The topological polar surface area (TPSA) is 82.7 Å². The summed E-state index contributed by atoms with van der Waals surface area (Å²) in [5.74, 6) is 1.08. The first-order valence-electron chi connectivity index (χ1n) is 10.3. The lowest BCUT2D eigenvalue weighted by molar-refractivity contribution is 0.0741. The fraction of sp³-hybridized carbons (Fsp3) is 0.391. The van der Waals surface area contributed by atoms with Crippen LogP contribution in [0, 0.1) is 5.41 Å². The summed E-state index contributed by atoms with van der Waals surface area (Å²) < 4.78 is 6.15. The third-order valence-corrected chi connectivity index (χ3v) is 5.84. The van der Waals surface area contributed by atoms with E-state index in [2.05, 4.69) is 12.1 Å². The Kier molecular flexibility index (Phi) is 5.69. The molecule has 2 aliphatic heterocycles. The normalized spacial score (nSPS) is 17.2. The van der Waals surface area contributed by atoms with E-state index >= 15 is 0 Å². The highest BCUT2D eigenvalue weighted by Gasteiger charge is 2.25. The van der Waals surface area contributed by atoms with Crippen LogP contribution < -0.4 is 10.5 Å². The standard InChI is InChI=1S/C23H28N4O2/c24-23(25)27-14-10-19(11-15-27)29-20-6-7-21-18(16-20)9-13-26(22(21)28)12-8-17-4-2-1-3-5-17/h1-7,16,19H,8-15H2,(H3,24,25). The molecule has 0 aliphatic carbocycles. The van der Waals surface area contributed by atoms with E-state index < -0.39 is 0 Å². The Hall–Kier alpha value is -3.02. The number of amides is 1. The van der Waals surface area contributed by atoms with Crippen molar-refractivity contribution in [2.75, 3.05) is 26.2 Å². The first-order valence-corrected chi connectivity index (χ1v) is 10.3. The molecular weight excluding hydrogens is 364 g/mol. The number of piperidine rings is 1. The molecule has 2 aromatic carbocycles. The number of guanidine groups is 1. The van der Waals surface area contributed by atoms with Gasteiger partial charge in [0.25, 0.3) is 5.91 Å². The molecule has 1 amide bonds. The third kappa shape index (κ3) is 4.53. The summed E-state index contributed by atoms with van der Waals surface area (Å²) in [6.07, 6.45) is 3.56. The number of benzene rings is 2. The van der Waals surface area contributed by atoms with Crippen molar-refractivity contribution in [3.8, 4) is 5.75 Å².